The van der Waals surface area contributed by atoms with Crippen LogP contribution in [0.2, 0.25) is 0 Å². The van der Waals surface area contributed by atoms with Gasteiger partial charge in [0.25, 0.3) is 0 Å². The van der Waals surface area contributed by atoms with E-state index in [4.69, 9.17) is 0 Å². The summed E-state index contributed by atoms with van der Waals surface area (Å²) in [6.45, 7) is 6.21. The first kappa shape index (κ1) is 16.7. The van der Waals surface area contributed by atoms with Crippen molar-refractivity contribution >= 4 is 18.3 Å². The Balaban J connectivity index is 0.00000180. The summed E-state index contributed by atoms with van der Waals surface area (Å²) in [4.78, 5) is 17.1. The number of likely N-dealkylation sites (tertiary alicyclic amines) is 2. The summed E-state index contributed by atoms with van der Waals surface area (Å²) in [5.74, 6) is 0.376. The summed E-state index contributed by atoms with van der Waals surface area (Å²) in [5.41, 5.74) is 0. The summed E-state index contributed by atoms with van der Waals surface area (Å²) < 4.78 is 0. The molecule has 2 unspecified atom stereocenters. The second-order valence-electron chi connectivity index (χ2n) is 5.61. The van der Waals surface area contributed by atoms with E-state index in [1.54, 1.807) is 0 Å². The van der Waals surface area contributed by atoms with Crippen LogP contribution in [0.5, 0.6) is 0 Å². The number of rotatable bonds is 4. The zero-order valence-electron chi connectivity index (χ0n) is 12.2. The topological polar surface area (TPSA) is 35.6 Å². The zero-order valence-corrected chi connectivity index (χ0v) is 13.0. The lowest BCUT2D eigenvalue weighted by molar-refractivity contribution is -0.137. The average molecular weight is 290 g/mol. The summed E-state index contributed by atoms with van der Waals surface area (Å²) >= 11 is 0. The Labute approximate surface area is 123 Å². The first-order valence-corrected chi connectivity index (χ1v) is 7.46. The molecule has 2 atom stereocenters. The van der Waals surface area contributed by atoms with Crippen LogP contribution in [0.4, 0.5) is 0 Å². The van der Waals surface area contributed by atoms with E-state index in [0.29, 0.717) is 11.9 Å². The van der Waals surface area contributed by atoms with Gasteiger partial charge in [0.05, 0.1) is 6.04 Å². The van der Waals surface area contributed by atoms with Crippen molar-refractivity contribution in [3.63, 3.8) is 0 Å². The van der Waals surface area contributed by atoms with E-state index in [1.165, 1.54) is 12.8 Å². The highest BCUT2D eigenvalue weighted by atomic mass is 35.5. The Morgan fingerprint density at radius 1 is 1.26 bits per heavy atom. The molecule has 0 radical (unpaired) electrons. The first-order chi connectivity index (χ1) is 8.76. The quantitative estimate of drug-likeness (QED) is 0.852. The van der Waals surface area contributed by atoms with Gasteiger partial charge in [-0.15, -0.1) is 12.4 Å². The molecule has 2 saturated heterocycles. The van der Waals surface area contributed by atoms with Gasteiger partial charge in [-0.25, -0.2) is 0 Å². The van der Waals surface area contributed by atoms with Gasteiger partial charge in [-0.2, -0.15) is 0 Å². The summed E-state index contributed by atoms with van der Waals surface area (Å²) in [7, 11) is 2.00. The molecular weight excluding hydrogens is 262 g/mol. The number of hydrogen-bond donors (Lipinski definition) is 1. The molecule has 2 rings (SSSR count). The van der Waals surface area contributed by atoms with E-state index < -0.39 is 0 Å². The van der Waals surface area contributed by atoms with E-state index in [1.807, 2.05) is 7.05 Å². The molecule has 5 heteroatoms. The lowest BCUT2D eigenvalue weighted by Crippen LogP contribution is -2.52. The number of amides is 1. The first-order valence-electron chi connectivity index (χ1n) is 7.46. The maximum Gasteiger partial charge on any atom is 0.239 e. The molecule has 2 fully saturated rings. The summed E-state index contributed by atoms with van der Waals surface area (Å²) in [5, 5.41) is 3.31. The number of nitrogens with zero attached hydrogens (tertiary/aromatic N) is 2. The third-order valence-electron chi connectivity index (χ3n) is 4.30. The van der Waals surface area contributed by atoms with Crippen molar-refractivity contribution in [1.82, 2.24) is 15.1 Å². The Morgan fingerprint density at radius 2 is 2.00 bits per heavy atom. The number of piperidine rings is 1. The number of carbonyl (C=O) groups is 1. The molecule has 2 heterocycles. The molecule has 0 spiro atoms. The smallest absolute Gasteiger partial charge is 0.239 e. The van der Waals surface area contributed by atoms with Gasteiger partial charge >= 0.3 is 0 Å². The second kappa shape index (κ2) is 8.08. The molecule has 0 aliphatic carbocycles. The minimum absolute atomic E-state index is 0. The Morgan fingerprint density at radius 3 is 2.68 bits per heavy atom. The molecule has 4 nitrogen and oxygen atoms in total. The molecule has 0 aromatic carbocycles. The number of nitrogens with one attached hydrogen (secondary N) is 1. The van der Waals surface area contributed by atoms with Crippen molar-refractivity contribution in [1.29, 1.82) is 0 Å². The molecule has 0 bridgehead atoms. The van der Waals surface area contributed by atoms with Crippen LogP contribution >= 0.6 is 12.4 Å². The van der Waals surface area contributed by atoms with Gasteiger partial charge in [0.1, 0.15) is 0 Å². The molecule has 0 aromatic rings. The van der Waals surface area contributed by atoms with E-state index in [-0.39, 0.29) is 18.4 Å². The highest BCUT2D eigenvalue weighted by Crippen LogP contribution is 2.21. The van der Waals surface area contributed by atoms with Gasteiger partial charge in [0.15, 0.2) is 0 Å². The minimum atomic E-state index is 0. The van der Waals surface area contributed by atoms with E-state index in [9.17, 15) is 4.79 Å². The Kier molecular flexibility index (Phi) is 7.11. The summed E-state index contributed by atoms with van der Waals surface area (Å²) in [6, 6.07) is 0.657. The maximum atomic E-state index is 12.6. The summed E-state index contributed by atoms with van der Waals surface area (Å²) in [6.07, 6.45) is 5.71. The third kappa shape index (κ3) is 4.07. The zero-order chi connectivity index (χ0) is 13.0. The fraction of sp³-hybridized carbons (Fsp3) is 0.929. The predicted octanol–water partition coefficient (Wildman–Crippen LogP) is 1.49. The van der Waals surface area contributed by atoms with Crippen molar-refractivity contribution in [2.24, 2.45) is 0 Å². The molecule has 112 valence electrons. The molecule has 2 aliphatic rings. The van der Waals surface area contributed by atoms with Crippen LogP contribution in [0, 0.1) is 0 Å². The number of halogens is 1. The Bertz CT molecular complexity index is 288. The molecule has 0 aromatic heterocycles. The monoisotopic (exact) mass is 289 g/mol. The van der Waals surface area contributed by atoms with Crippen molar-refractivity contribution in [2.45, 2.75) is 51.1 Å². The molecule has 19 heavy (non-hydrogen) atoms. The lowest BCUT2D eigenvalue weighted by atomic mass is 10.0. The van der Waals surface area contributed by atoms with E-state index in [2.05, 4.69) is 22.0 Å². The highest BCUT2D eigenvalue weighted by molar-refractivity contribution is 5.85. The standard InChI is InChI=1S/C14H27N3O.ClH/c1-3-8-16-9-5-7-13(16)14(18)17-10-4-6-12(11-17)15-2;/h12-13,15H,3-11H2,1-2H3;1H. The van der Waals surface area contributed by atoms with Gasteiger partial charge in [-0.1, -0.05) is 6.92 Å². The number of hydrogen-bond acceptors (Lipinski definition) is 3. The SMILES string of the molecule is CCCN1CCCC1C(=O)N1CCCC(NC)C1.Cl. The van der Waals surface area contributed by atoms with Gasteiger partial charge in [0.2, 0.25) is 5.91 Å². The van der Waals surface area contributed by atoms with Crippen LogP contribution in [0.1, 0.15) is 39.0 Å². The number of likely N-dealkylation sites (N-methyl/N-ethyl adjacent to an activating group) is 1. The van der Waals surface area contributed by atoms with E-state index >= 15 is 0 Å². The number of carbonyl (C=O) groups excluding carboxylic acids is 1. The fourth-order valence-corrected chi connectivity index (χ4v) is 3.28. The largest absolute Gasteiger partial charge is 0.340 e. The van der Waals surface area contributed by atoms with Crippen LogP contribution < -0.4 is 5.32 Å². The van der Waals surface area contributed by atoms with Crippen molar-refractivity contribution in [3.8, 4) is 0 Å². The fourth-order valence-electron chi connectivity index (χ4n) is 3.28. The van der Waals surface area contributed by atoms with Gasteiger partial charge < -0.3 is 10.2 Å². The van der Waals surface area contributed by atoms with Crippen LogP contribution in [0.25, 0.3) is 0 Å². The van der Waals surface area contributed by atoms with Gasteiger partial charge in [0, 0.05) is 19.1 Å². The minimum Gasteiger partial charge on any atom is -0.340 e. The van der Waals surface area contributed by atoms with Crippen molar-refractivity contribution < 1.29 is 4.79 Å². The van der Waals surface area contributed by atoms with E-state index in [0.717, 1.165) is 45.4 Å². The second-order valence-corrected chi connectivity index (χ2v) is 5.61. The molecule has 1 N–H and O–H groups in total. The van der Waals surface area contributed by atoms with Gasteiger partial charge in [-0.3, -0.25) is 9.69 Å². The molecule has 1 amide bonds. The lowest BCUT2D eigenvalue weighted by Gasteiger charge is -2.36. The van der Waals surface area contributed by atoms with Gasteiger partial charge in [-0.05, 0) is 52.2 Å². The average Bonchev–Trinajstić information content (AvgIpc) is 2.86. The normalized spacial score (nSPS) is 28.2. The predicted molar refractivity (Wildman–Crippen MR) is 80.8 cm³/mol. The third-order valence-corrected chi connectivity index (χ3v) is 4.30. The van der Waals surface area contributed by atoms with Crippen LogP contribution in [0.15, 0.2) is 0 Å². The van der Waals surface area contributed by atoms with Crippen LogP contribution in [0.3, 0.4) is 0 Å². The maximum absolute atomic E-state index is 12.6. The molecular formula is C14H28ClN3O. The molecule has 2 aliphatic heterocycles. The van der Waals surface area contributed by atoms with Crippen LogP contribution in [-0.2, 0) is 4.79 Å². The van der Waals surface area contributed by atoms with Crippen molar-refractivity contribution in [2.75, 3.05) is 33.2 Å². The van der Waals surface area contributed by atoms with Crippen LogP contribution in [-0.4, -0.2) is 61.0 Å². The Hall–Kier alpha value is -0.320. The van der Waals surface area contributed by atoms with Crippen molar-refractivity contribution in [3.05, 3.63) is 0 Å². The highest BCUT2D eigenvalue weighted by Gasteiger charge is 2.34. The molecule has 0 saturated carbocycles.